The first kappa shape index (κ1) is 12.0. The third-order valence-electron chi connectivity index (χ3n) is 2.86. The zero-order chi connectivity index (χ0) is 11.3. The molecule has 1 aliphatic rings. The molecule has 1 rings (SSSR count). The lowest BCUT2D eigenvalue weighted by Crippen LogP contribution is -2.28. The maximum atomic E-state index is 11.3. The van der Waals surface area contributed by atoms with Crippen LogP contribution >= 0.6 is 0 Å². The molecule has 0 atom stereocenters. The molecule has 1 aliphatic carbocycles. The molecule has 0 aliphatic heterocycles. The molecule has 0 radical (unpaired) electrons. The van der Waals surface area contributed by atoms with Gasteiger partial charge in [0.1, 0.15) is 0 Å². The Labute approximate surface area is 90.0 Å². The quantitative estimate of drug-likeness (QED) is 0.630. The molecule has 0 saturated heterocycles. The van der Waals surface area contributed by atoms with Gasteiger partial charge in [0.2, 0.25) is 5.91 Å². The Balaban J connectivity index is 1.96. The minimum Gasteiger partial charge on any atom is -0.481 e. The van der Waals surface area contributed by atoms with Gasteiger partial charge in [-0.15, -0.1) is 0 Å². The molecule has 0 unspecified atom stereocenters. The van der Waals surface area contributed by atoms with Crippen molar-refractivity contribution >= 4 is 11.9 Å². The van der Waals surface area contributed by atoms with Crippen molar-refractivity contribution in [1.29, 1.82) is 0 Å². The minimum atomic E-state index is -0.791. The van der Waals surface area contributed by atoms with Crippen molar-refractivity contribution in [3.63, 3.8) is 0 Å². The first-order chi connectivity index (χ1) is 7.02. The summed E-state index contributed by atoms with van der Waals surface area (Å²) >= 11 is 0. The predicted molar refractivity (Wildman–Crippen MR) is 56.5 cm³/mol. The molecule has 4 heteroatoms. The highest BCUT2D eigenvalue weighted by atomic mass is 16.4. The Morgan fingerprint density at radius 2 is 1.87 bits per heavy atom. The van der Waals surface area contributed by atoms with Crippen LogP contribution < -0.4 is 5.32 Å². The molecule has 1 fully saturated rings. The van der Waals surface area contributed by atoms with Crippen molar-refractivity contribution in [3.05, 3.63) is 0 Å². The summed E-state index contributed by atoms with van der Waals surface area (Å²) in [6.07, 6.45) is 4.25. The number of amides is 1. The van der Waals surface area contributed by atoms with Gasteiger partial charge in [0.15, 0.2) is 0 Å². The number of hydrogen-bond donors (Lipinski definition) is 2. The van der Waals surface area contributed by atoms with E-state index < -0.39 is 5.97 Å². The summed E-state index contributed by atoms with van der Waals surface area (Å²) in [6.45, 7) is 2.93. The van der Waals surface area contributed by atoms with Gasteiger partial charge in [-0.1, -0.05) is 6.92 Å². The smallest absolute Gasteiger partial charge is 0.303 e. The lowest BCUT2D eigenvalue weighted by atomic mass is 10.1. The summed E-state index contributed by atoms with van der Waals surface area (Å²) in [5.74, 6) is -0.741. The summed E-state index contributed by atoms with van der Waals surface area (Å²) in [6, 6.07) is 0. The SMILES string of the molecule is CC1(CNC(=O)CCCCC(=O)O)CC1. The molecular formula is C11H19NO3. The van der Waals surface area contributed by atoms with Crippen molar-refractivity contribution in [2.45, 2.75) is 45.4 Å². The zero-order valence-corrected chi connectivity index (χ0v) is 9.21. The van der Waals surface area contributed by atoms with E-state index in [-0.39, 0.29) is 12.3 Å². The molecule has 0 bridgehead atoms. The number of nitrogens with one attached hydrogen (secondary N) is 1. The van der Waals surface area contributed by atoms with Crippen LogP contribution in [-0.4, -0.2) is 23.5 Å². The molecule has 15 heavy (non-hydrogen) atoms. The van der Waals surface area contributed by atoms with Gasteiger partial charge in [-0.3, -0.25) is 9.59 Å². The highest BCUT2D eigenvalue weighted by Gasteiger charge is 2.37. The van der Waals surface area contributed by atoms with E-state index in [2.05, 4.69) is 12.2 Å². The van der Waals surface area contributed by atoms with Gasteiger partial charge in [-0.2, -0.15) is 0 Å². The number of carboxylic acid groups (broad SMARTS) is 1. The van der Waals surface area contributed by atoms with Gasteiger partial charge in [-0.25, -0.2) is 0 Å². The van der Waals surface area contributed by atoms with E-state index in [0.29, 0.717) is 24.7 Å². The summed E-state index contributed by atoms with van der Waals surface area (Å²) in [5.41, 5.74) is 0.344. The van der Waals surface area contributed by atoms with E-state index in [1.54, 1.807) is 0 Å². The largest absolute Gasteiger partial charge is 0.481 e. The Morgan fingerprint density at radius 3 is 2.40 bits per heavy atom. The molecule has 0 aromatic rings. The second-order valence-corrected chi connectivity index (χ2v) is 4.69. The highest BCUT2D eigenvalue weighted by Crippen LogP contribution is 2.43. The molecular weight excluding hydrogens is 194 g/mol. The number of aliphatic carboxylic acids is 1. The van der Waals surface area contributed by atoms with Gasteiger partial charge >= 0.3 is 5.97 Å². The third-order valence-corrected chi connectivity index (χ3v) is 2.86. The number of carbonyl (C=O) groups excluding carboxylic acids is 1. The molecule has 86 valence electrons. The third kappa shape index (κ3) is 5.40. The van der Waals surface area contributed by atoms with E-state index in [1.165, 1.54) is 12.8 Å². The fourth-order valence-corrected chi connectivity index (χ4v) is 1.35. The van der Waals surface area contributed by atoms with Crippen LogP contribution in [0.2, 0.25) is 0 Å². The monoisotopic (exact) mass is 213 g/mol. The predicted octanol–water partition coefficient (Wildman–Crippen LogP) is 1.55. The van der Waals surface area contributed by atoms with E-state index in [4.69, 9.17) is 5.11 Å². The van der Waals surface area contributed by atoms with Crippen LogP contribution in [0.3, 0.4) is 0 Å². The Kier molecular flexibility index (Phi) is 4.12. The highest BCUT2D eigenvalue weighted by molar-refractivity contribution is 5.76. The van der Waals surface area contributed by atoms with Crippen molar-refractivity contribution in [2.75, 3.05) is 6.54 Å². The van der Waals surface area contributed by atoms with Gasteiger partial charge in [0.05, 0.1) is 0 Å². The van der Waals surface area contributed by atoms with E-state index in [0.717, 1.165) is 6.54 Å². The Bertz CT molecular complexity index is 246. The van der Waals surface area contributed by atoms with Crippen molar-refractivity contribution in [2.24, 2.45) is 5.41 Å². The maximum Gasteiger partial charge on any atom is 0.303 e. The minimum absolute atomic E-state index is 0.0495. The van der Waals surface area contributed by atoms with Crippen LogP contribution in [-0.2, 0) is 9.59 Å². The van der Waals surface area contributed by atoms with E-state index in [1.807, 2.05) is 0 Å². The summed E-state index contributed by atoms with van der Waals surface area (Å²) in [7, 11) is 0. The first-order valence-electron chi connectivity index (χ1n) is 5.50. The number of carbonyl (C=O) groups is 2. The number of unbranched alkanes of at least 4 members (excludes halogenated alkanes) is 1. The van der Waals surface area contributed by atoms with Gasteiger partial charge in [-0.05, 0) is 31.1 Å². The number of carboxylic acids is 1. The van der Waals surface area contributed by atoms with Crippen LogP contribution in [0.25, 0.3) is 0 Å². The second-order valence-electron chi connectivity index (χ2n) is 4.69. The van der Waals surface area contributed by atoms with Gasteiger partial charge in [0, 0.05) is 19.4 Å². The fraction of sp³-hybridized carbons (Fsp3) is 0.818. The number of hydrogen-bond acceptors (Lipinski definition) is 2. The topological polar surface area (TPSA) is 66.4 Å². The Hall–Kier alpha value is -1.06. The first-order valence-corrected chi connectivity index (χ1v) is 5.50. The van der Waals surface area contributed by atoms with Crippen LogP contribution in [0.5, 0.6) is 0 Å². The second kappa shape index (κ2) is 5.14. The van der Waals surface area contributed by atoms with E-state index in [9.17, 15) is 9.59 Å². The molecule has 0 heterocycles. The van der Waals surface area contributed by atoms with Gasteiger partial charge in [0.25, 0.3) is 0 Å². The molecule has 0 aromatic carbocycles. The van der Waals surface area contributed by atoms with Crippen molar-refractivity contribution in [3.8, 4) is 0 Å². The van der Waals surface area contributed by atoms with E-state index >= 15 is 0 Å². The average Bonchev–Trinajstić information content (AvgIpc) is 2.89. The molecule has 4 nitrogen and oxygen atoms in total. The maximum absolute atomic E-state index is 11.3. The van der Waals surface area contributed by atoms with Crippen LogP contribution in [0.15, 0.2) is 0 Å². The molecule has 2 N–H and O–H groups in total. The summed E-state index contributed by atoms with van der Waals surface area (Å²) < 4.78 is 0. The Morgan fingerprint density at radius 1 is 1.27 bits per heavy atom. The molecule has 1 saturated carbocycles. The molecule has 0 spiro atoms. The lowest BCUT2D eigenvalue weighted by Gasteiger charge is -2.09. The normalized spacial score (nSPS) is 17.1. The zero-order valence-electron chi connectivity index (χ0n) is 9.21. The van der Waals surface area contributed by atoms with Crippen molar-refractivity contribution < 1.29 is 14.7 Å². The van der Waals surface area contributed by atoms with Crippen molar-refractivity contribution in [1.82, 2.24) is 5.32 Å². The summed E-state index contributed by atoms with van der Waals surface area (Å²) in [4.78, 5) is 21.5. The molecule has 0 aromatic heterocycles. The van der Waals surface area contributed by atoms with Gasteiger partial charge < -0.3 is 10.4 Å². The lowest BCUT2D eigenvalue weighted by molar-refractivity contribution is -0.137. The van der Waals surface area contributed by atoms with Crippen LogP contribution in [0, 0.1) is 5.41 Å². The average molecular weight is 213 g/mol. The van der Waals surface area contributed by atoms with Crippen LogP contribution in [0.1, 0.15) is 45.4 Å². The fourth-order valence-electron chi connectivity index (χ4n) is 1.35. The number of rotatable bonds is 7. The standard InChI is InChI=1S/C11H19NO3/c1-11(6-7-11)8-12-9(13)4-2-3-5-10(14)15/h2-8H2,1H3,(H,12,13)(H,14,15). The molecule has 1 amide bonds. The van der Waals surface area contributed by atoms with Crippen LogP contribution in [0.4, 0.5) is 0 Å². The summed E-state index contributed by atoms with van der Waals surface area (Å²) in [5, 5.41) is 11.3.